The van der Waals surface area contributed by atoms with Crippen LogP contribution in [0.2, 0.25) is 0 Å². The molecule has 0 radical (unpaired) electrons. The molecule has 0 aliphatic heterocycles. The van der Waals surface area contributed by atoms with E-state index in [9.17, 15) is 9.90 Å². The monoisotopic (exact) mass is 412 g/mol. The molecule has 3 aromatic rings. The summed E-state index contributed by atoms with van der Waals surface area (Å²) in [5.74, 6) is -0.211. The number of aryl methyl sites for hydroxylation is 2. The van der Waals surface area contributed by atoms with E-state index in [0.717, 1.165) is 27.7 Å². The average molecular weight is 412 g/mol. The molecule has 2 N–H and O–H groups in total. The Balaban J connectivity index is 1.39. The molecule has 29 heavy (non-hydrogen) atoms. The molecule has 4 rings (SSSR count). The Morgan fingerprint density at radius 1 is 1.31 bits per heavy atom. The summed E-state index contributed by atoms with van der Waals surface area (Å²) in [7, 11) is 0. The van der Waals surface area contributed by atoms with Gasteiger partial charge in [0.2, 0.25) is 11.7 Å². The molecule has 1 fully saturated rings. The van der Waals surface area contributed by atoms with Crippen molar-refractivity contribution in [3.8, 4) is 5.88 Å². The number of carboxylic acid groups (broad SMARTS) is 1. The fourth-order valence-electron chi connectivity index (χ4n) is 2.95. The summed E-state index contributed by atoms with van der Waals surface area (Å²) in [5.41, 5.74) is 2.20. The second-order valence-electron chi connectivity index (χ2n) is 6.96. The molecule has 2 atom stereocenters. The van der Waals surface area contributed by atoms with E-state index >= 15 is 0 Å². The molecule has 9 nitrogen and oxygen atoms in total. The molecule has 10 heteroatoms. The minimum absolute atomic E-state index is 0.232. The quantitative estimate of drug-likeness (QED) is 0.575. The van der Waals surface area contributed by atoms with Gasteiger partial charge in [0.25, 0.3) is 0 Å². The van der Waals surface area contributed by atoms with Crippen LogP contribution < -0.4 is 10.1 Å². The first-order valence-electron chi connectivity index (χ1n) is 9.18. The number of carboxylic acids is 1. The lowest BCUT2D eigenvalue weighted by atomic mass is 10.2. The zero-order valence-corrected chi connectivity index (χ0v) is 16.8. The summed E-state index contributed by atoms with van der Waals surface area (Å²) >= 11 is 1.46. The molecule has 3 aromatic heterocycles. The largest absolute Gasteiger partial charge is 0.477 e. The predicted octanol–water partition coefficient (Wildman–Crippen LogP) is 2.83. The highest BCUT2D eigenvalue weighted by Gasteiger charge is 2.40. The highest BCUT2D eigenvalue weighted by Crippen LogP contribution is 2.46. The first kappa shape index (κ1) is 19.2. The molecule has 1 aliphatic rings. The molecule has 0 aromatic carbocycles. The van der Waals surface area contributed by atoms with E-state index in [1.807, 2.05) is 26.1 Å². The molecular formula is C19H20N6O3S. The van der Waals surface area contributed by atoms with Crippen LogP contribution in [0, 0.1) is 19.8 Å². The summed E-state index contributed by atoms with van der Waals surface area (Å²) in [6.07, 6.45) is 2.86. The van der Waals surface area contributed by atoms with Crippen LogP contribution in [0.1, 0.15) is 44.2 Å². The topological polar surface area (TPSA) is 123 Å². The third kappa shape index (κ3) is 4.83. The number of rotatable bonds is 8. The smallest absolute Gasteiger partial charge is 0.374 e. The van der Waals surface area contributed by atoms with Crippen LogP contribution in [0.25, 0.3) is 0 Å². The van der Waals surface area contributed by atoms with Gasteiger partial charge in [0, 0.05) is 29.8 Å². The molecule has 1 aliphatic carbocycles. The Bertz CT molecular complexity index is 1020. The molecule has 1 saturated carbocycles. The van der Waals surface area contributed by atoms with Crippen LogP contribution in [0.4, 0.5) is 5.82 Å². The zero-order valence-electron chi connectivity index (χ0n) is 16.0. The summed E-state index contributed by atoms with van der Waals surface area (Å²) in [5, 5.41) is 22.0. The van der Waals surface area contributed by atoms with Crippen molar-refractivity contribution in [2.75, 3.05) is 11.9 Å². The van der Waals surface area contributed by atoms with Gasteiger partial charge >= 0.3 is 5.97 Å². The summed E-state index contributed by atoms with van der Waals surface area (Å²) in [4.78, 5) is 23.8. The fourth-order valence-corrected chi connectivity index (χ4v) is 3.59. The van der Waals surface area contributed by atoms with E-state index in [4.69, 9.17) is 4.74 Å². The number of anilines is 1. The van der Waals surface area contributed by atoms with Crippen molar-refractivity contribution in [3.05, 3.63) is 51.5 Å². The minimum Gasteiger partial charge on any atom is -0.477 e. The van der Waals surface area contributed by atoms with Crippen molar-refractivity contribution in [2.24, 2.45) is 5.92 Å². The molecular weight excluding hydrogens is 392 g/mol. The number of ether oxygens (including phenoxy) is 1. The van der Waals surface area contributed by atoms with Gasteiger partial charge in [0.15, 0.2) is 0 Å². The van der Waals surface area contributed by atoms with E-state index in [0.29, 0.717) is 30.8 Å². The maximum absolute atomic E-state index is 11.4. The van der Waals surface area contributed by atoms with Crippen molar-refractivity contribution in [2.45, 2.75) is 32.7 Å². The Kier molecular flexibility index (Phi) is 5.34. The molecule has 0 saturated heterocycles. The third-order valence-electron chi connectivity index (χ3n) is 4.56. The summed E-state index contributed by atoms with van der Waals surface area (Å²) < 4.78 is 5.79. The Morgan fingerprint density at radius 2 is 2.17 bits per heavy atom. The van der Waals surface area contributed by atoms with Gasteiger partial charge in [0.05, 0.1) is 13.2 Å². The normalized spacial score (nSPS) is 17.7. The SMILES string of the molecule is Cc1ccc(C2C[C@@H]2COc2cc(NCc3nnc(C)s3)nc(C(=O)O)n2)nc1. The van der Waals surface area contributed by atoms with Crippen molar-refractivity contribution in [1.29, 1.82) is 0 Å². The molecule has 0 spiro atoms. The average Bonchev–Trinajstić information content (AvgIpc) is 3.37. The number of hydrogen-bond donors (Lipinski definition) is 2. The Labute approximate surface area is 171 Å². The van der Waals surface area contributed by atoms with Gasteiger partial charge in [-0.15, -0.1) is 10.2 Å². The van der Waals surface area contributed by atoms with Crippen LogP contribution in [-0.2, 0) is 6.54 Å². The maximum atomic E-state index is 11.4. The van der Waals surface area contributed by atoms with Crippen LogP contribution in [0.15, 0.2) is 24.4 Å². The standard InChI is InChI=1S/C19H20N6O3S/c1-10-3-4-14(20-7-10)13-5-12(13)9-28-16-6-15(22-18(23-16)19(26)27)21-8-17-25-24-11(2)29-17/h3-4,6-7,12-13H,5,8-9H2,1-2H3,(H,26,27)(H,21,22,23)/t12-,13?/m1/s1. The van der Waals surface area contributed by atoms with E-state index < -0.39 is 5.97 Å². The predicted molar refractivity (Wildman–Crippen MR) is 106 cm³/mol. The lowest BCUT2D eigenvalue weighted by Crippen LogP contribution is -2.11. The van der Waals surface area contributed by atoms with Gasteiger partial charge in [-0.1, -0.05) is 17.4 Å². The Morgan fingerprint density at radius 3 is 2.86 bits per heavy atom. The first-order chi connectivity index (χ1) is 14.0. The second-order valence-corrected chi connectivity index (χ2v) is 8.23. The van der Waals surface area contributed by atoms with Crippen molar-refractivity contribution >= 4 is 23.1 Å². The summed E-state index contributed by atoms with van der Waals surface area (Å²) in [6.45, 7) is 4.73. The summed E-state index contributed by atoms with van der Waals surface area (Å²) in [6, 6.07) is 5.70. The number of hydrogen-bond acceptors (Lipinski definition) is 9. The van der Waals surface area contributed by atoms with Gasteiger partial charge < -0.3 is 15.2 Å². The lowest BCUT2D eigenvalue weighted by Gasteiger charge is -2.09. The molecule has 1 unspecified atom stereocenters. The maximum Gasteiger partial charge on any atom is 0.374 e. The number of carbonyl (C=O) groups is 1. The minimum atomic E-state index is -1.21. The third-order valence-corrected chi connectivity index (χ3v) is 5.40. The number of pyridine rings is 1. The fraction of sp³-hybridized carbons (Fsp3) is 0.368. The lowest BCUT2D eigenvalue weighted by molar-refractivity contribution is 0.0682. The Hall–Kier alpha value is -3.14. The number of aromatic nitrogens is 5. The second kappa shape index (κ2) is 8.08. The zero-order chi connectivity index (χ0) is 20.4. The van der Waals surface area contributed by atoms with E-state index in [-0.39, 0.29) is 11.7 Å². The van der Waals surface area contributed by atoms with Gasteiger partial charge in [-0.2, -0.15) is 4.98 Å². The molecule has 150 valence electrons. The van der Waals surface area contributed by atoms with Crippen LogP contribution in [0.3, 0.4) is 0 Å². The highest BCUT2D eigenvalue weighted by molar-refractivity contribution is 7.11. The first-order valence-corrected chi connectivity index (χ1v) is 10.00. The molecule has 0 amide bonds. The number of nitrogens with zero attached hydrogens (tertiary/aromatic N) is 5. The molecule has 0 bridgehead atoms. The van der Waals surface area contributed by atoms with Crippen molar-refractivity contribution < 1.29 is 14.6 Å². The molecule has 3 heterocycles. The van der Waals surface area contributed by atoms with Crippen LogP contribution >= 0.6 is 11.3 Å². The van der Waals surface area contributed by atoms with Gasteiger partial charge in [0.1, 0.15) is 15.8 Å². The van der Waals surface area contributed by atoms with E-state index in [1.165, 1.54) is 11.3 Å². The number of nitrogens with one attached hydrogen (secondary N) is 1. The van der Waals surface area contributed by atoms with Gasteiger partial charge in [-0.05, 0) is 31.9 Å². The van der Waals surface area contributed by atoms with E-state index in [2.05, 4.69) is 36.5 Å². The van der Waals surface area contributed by atoms with Gasteiger partial charge in [-0.25, -0.2) is 9.78 Å². The van der Waals surface area contributed by atoms with Gasteiger partial charge in [-0.3, -0.25) is 4.98 Å². The van der Waals surface area contributed by atoms with Crippen LogP contribution in [-0.4, -0.2) is 42.8 Å². The van der Waals surface area contributed by atoms with E-state index in [1.54, 1.807) is 6.07 Å². The highest BCUT2D eigenvalue weighted by atomic mass is 32.1. The number of aromatic carboxylic acids is 1. The van der Waals surface area contributed by atoms with Crippen molar-refractivity contribution in [3.63, 3.8) is 0 Å². The van der Waals surface area contributed by atoms with Crippen LogP contribution in [0.5, 0.6) is 5.88 Å². The van der Waals surface area contributed by atoms with Crippen molar-refractivity contribution in [1.82, 2.24) is 25.1 Å².